The Labute approximate surface area is 192 Å². The number of rotatable bonds is 6. The number of hydrogen-bond acceptors (Lipinski definition) is 6. The fourth-order valence-electron chi connectivity index (χ4n) is 3.40. The van der Waals surface area contributed by atoms with Gasteiger partial charge in [0.15, 0.2) is 0 Å². The summed E-state index contributed by atoms with van der Waals surface area (Å²) in [4.78, 5) is 21.9. The van der Waals surface area contributed by atoms with Crippen LogP contribution in [-0.4, -0.2) is 35.2 Å². The number of alkyl halides is 3. The van der Waals surface area contributed by atoms with Crippen LogP contribution in [0.25, 0.3) is 10.6 Å². The van der Waals surface area contributed by atoms with Crippen LogP contribution in [0.5, 0.6) is 5.75 Å². The second kappa shape index (κ2) is 9.48. The molecular weight excluding hydrogens is 455 g/mol. The van der Waals surface area contributed by atoms with E-state index in [1.165, 1.54) is 17.4 Å². The van der Waals surface area contributed by atoms with E-state index in [0.29, 0.717) is 30.1 Å². The van der Waals surface area contributed by atoms with Crippen molar-refractivity contribution < 1.29 is 27.4 Å². The van der Waals surface area contributed by atoms with Crippen molar-refractivity contribution in [2.75, 3.05) is 13.2 Å². The number of carbonyl (C=O) groups excluding carboxylic acids is 1. The Bertz CT molecular complexity index is 1130. The van der Waals surface area contributed by atoms with E-state index in [9.17, 15) is 18.0 Å². The van der Waals surface area contributed by atoms with Gasteiger partial charge in [-0.1, -0.05) is 6.07 Å². The van der Waals surface area contributed by atoms with Crippen molar-refractivity contribution in [1.82, 2.24) is 15.3 Å². The van der Waals surface area contributed by atoms with E-state index in [4.69, 9.17) is 9.47 Å². The Hall–Kier alpha value is -2.98. The highest BCUT2D eigenvalue weighted by atomic mass is 32.1. The molecule has 33 heavy (non-hydrogen) atoms. The van der Waals surface area contributed by atoms with E-state index < -0.39 is 17.9 Å². The summed E-state index contributed by atoms with van der Waals surface area (Å²) in [7, 11) is 0. The van der Waals surface area contributed by atoms with Crippen LogP contribution < -0.4 is 10.1 Å². The number of halogens is 3. The van der Waals surface area contributed by atoms with Crippen LogP contribution in [0.15, 0.2) is 42.7 Å². The number of amides is 1. The molecule has 4 rings (SSSR count). The van der Waals surface area contributed by atoms with Gasteiger partial charge in [0, 0.05) is 34.8 Å². The molecule has 1 amide bonds. The summed E-state index contributed by atoms with van der Waals surface area (Å²) in [6, 6.07) is 6.88. The zero-order chi connectivity index (χ0) is 23.6. The van der Waals surface area contributed by atoms with Crippen LogP contribution in [0.3, 0.4) is 0 Å². The van der Waals surface area contributed by atoms with Gasteiger partial charge in [-0.15, -0.1) is 11.3 Å². The van der Waals surface area contributed by atoms with Crippen molar-refractivity contribution in [2.45, 2.75) is 38.6 Å². The summed E-state index contributed by atoms with van der Waals surface area (Å²) < 4.78 is 49.7. The molecule has 6 nitrogen and oxygen atoms in total. The fraction of sp³-hybridized carbons (Fsp3) is 0.348. The van der Waals surface area contributed by atoms with Crippen LogP contribution in [-0.2, 0) is 10.9 Å². The predicted octanol–water partition coefficient (Wildman–Crippen LogP) is 5.19. The third-order valence-electron chi connectivity index (χ3n) is 5.15. The molecule has 3 heterocycles. The quantitative estimate of drug-likeness (QED) is 0.529. The van der Waals surface area contributed by atoms with Gasteiger partial charge in [0.25, 0.3) is 5.91 Å². The van der Waals surface area contributed by atoms with Crippen LogP contribution in [0.4, 0.5) is 13.2 Å². The van der Waals surface area contributed by atoms with E-state index in [-0.39, 0.29) is 12.0 Å². The second-order valence-electron chi connectivity index (χ2n) is 7.80. The number of nitrogens with zero attached hydrogens (tertiary/aromatic N) is 2. The smallest absolute Gasteiger partial charge is 0.433 e. The minimum atomic E-state index is -4.51. The SMILES string of the molecule is Cc1cnc(-c2cc(O[C@@H]3CCOC3)cc(C(=O)NC(C)c3ccc(C(F)(F)F)nc3)c2)s1. The van der Waals surface area contributed by atoms with Crippen molar-refractivity contribution >= 4 is 17.2 Å². The Morgan fingerprint density at radius 2 is 2.06 bits per heavy atom. The average molecular weight is 478 g/mol. The molecule has 0 radical (unpaired) electrons. The molecule has 0 saturated carbocycles. The molecule has 0 bridgehead atoms. The van der Waals surface area contributed by atoms with E-state index in [1.807, 2.05) is 13.0 Å². The lowest BCUT2D eigenvalue weighted by atomic mass is 10.1. The Balaban J connectivity index is 1.56. The van der Waals surface area contributed by atoms with Crippen LogP contribution in [0, 0.1) is 6.92 Å². The number of nitrogens with one attached hydrogen (secondary N) is 1. The Morgan fingerprint density at radius 3 is 2.67 bits per heavy atom. The molecule has 1 aliphatic heterocycles. The number of pyridine rings is 1. The van der Waals surface area contributed by atoms with Crippen molar-refractivity contribution in [3.63, 3.8) is 0 Å². The third kappa shape index (κ3) is 5.69. The first kappa shape index (κ1) is 23.2. The molecule has 0 spiro atoms. The fourth-order valence-corrected chi connectivity index (χ4v) is 4.15. The minimum absolute atomic E-state index is 0.0914. The number of aromatic nitrogens is 2. The molecule has 0 aliphatic carbocycles. The number of benzene rings is 1. The number of carbonyl (C=O) groups is 1. The van der Waals surface area contributed by atoms with Crippen LogP contribution in [0.1, 0.15) is 45.9 Å². The predicted molar refractivity (Wildman–Crippen MR) is 117 cm³/mol. The molecule has 1 saturated heterocycles. The first-order valence-electron chi connectivity index (χ1n) is 10.4. The zero-order valence-electron chi connectivity index (χ0n) is 18.0. The second-order valence-corrected chi connectivity index (χ2v) is 9.03. The largest absolute Gasteiger partial charge is 0.488 e. The minimum Gasteiger partial charge on any atom is -0.488 e. The van der Waals surface area contributed by atoms with Gasteiger partial charge >= 0.3 is 6.18 Å². The molecule has 1 N–H and O–H groups in total. The molecule has 10 heteroatoms. The summed E-state index contributed by atoms with van der Waals surface area (Å²) in [6.45, 7) is 4.75. The molecule has 1 aliphatic rings. The van der Waals surface area contributed by atoms with Gasteiger partial charge in [-0.25, -0.2) is 4.98 Å². The highest BCUT2D eigenvalue weighted by molar-refractivity contribution is 7.14. The Kier molecular flexibility index (Phi) is 6.66. The molecule has 1 unspecified atom stereocenters. The molecule has 3 aromatic rings. The van der Waals surface area contributed by atoms with Crippen molar-refractivity contribution in [3.05, 3.63) is 64.4 Å². The summed E-state index contributed by atoms with van der Waals surface area (Å²) in [6.07, 6.45) is -0.957. The summed E-state index contributed by atoms with van der Waals surface area (Å²) in [5.41, 5.74) is 0.594. The summed E-state index contributed by atoms with van der Waals surface area (Å²) >= 11 is 1.50. The lowest BCUT2D eigenvalue weighted by molar-refractivity contribution is -0.141. The van der Waals surface area contributed by atoms with Gasteiger partial charge in [-0.05, 0) is 43.7 Å². The van der Waals surface area contributed by atoms with Gasteiger partial charge in [0.2, 0.25) is 0 Å². The standard InChI is InChI=1S/C23H22F3N3O3S/c1-13-10-28-22(33-13)17-7-16(8-19(9-17)32-18-5-6-31-12-18)21(30)29-14(2)15-3-4-20(27-11-15)23(24,25)26/h3-4,7-11,14,18H,5-6,12H2,1-2H3,(H,29,30)/t14?,18-/m1/s1. The first-order valence-corrected chi connectivity index (χ1v) is 11.2. The topological polar surface area (TPSA) is 73.3 Å². The average Bonchev–Trinajstić information content (AvgIpc) is 3.44. The molecule has 2 atom stereocenters. The molecular formula is C23H22F3N3O3S. The van der Waals surface area contributed by atoms with Crippen LogP contribution >= 0.6 is 11.3 Å². The van der Waals surface area contributed by atoms with Gasteiger partial charge in [-0.3, -0.25) is 9.78 Å². The van der Waals surface area contributed by atoms with Gasteiger partial charge < -0.3 is 14.8 Å². The summed E-state index contributed by atoms with van der Waals surface area (Å²) in [5.74, 6) is 0.148. The lowest BCUT2D eigenvalue weighted by Crippen LogP contribution is -2.27. The van der Waals surface area contributed by atoms with Crippen LogP contribution in [0.2, 0.25) is 0 Å². The number of aryl methyl sites for hydroxylation is 1. The number of thiazole rings is 1. The van der Waals surface area contributed by atoms with Gasteiger partial charge in [0.1, 0.15) is 22.6 Å². The molecule has 1 fully saturated rings. The van der Waals surface area contributed by atoms with E-state index >= 15 is 0 Å². The highest BCUT2D eigenvalue weighted by Gasteiger charge is 2.32. The maximum atomic E-state index is 13.0. The van der Waals surface area contributed by atoms with Crippen molar-refractivity contribution in [1.29, 1.82) is 0 Å². The first-order chi connectivity index (χ1) is 15.7. The van der Waals surface area contributed by atoms with E-state index in [1.54, 1.807) is 25.3 Å². The Morgan fingerprint density at radius 1 is 1.24 bits per heavy atom. The zero-order valence-corrected chi connectivity index (χ0v) is 18.8. The van der Waals surface area contributed by atoms with Gasteiger partial charge in [0.05, 0.1) is 19.3 Å². The molecule has 1 aromatic carbocycles. The number of ether oxygens (including phenoxy) is 2. The van der Waals surface area contributed by atoms with E-state index in [0.717, 1.165) is 34.1 Å². The van der Waals surface area contributed by atoms with Gasteiger partial charge in [-0.2, -0.15) is 13.2 Å². The lowest BCUT2D eigenvalue weighted by Gasteiger charge is -2.17. The maximum Gasteiger partial charge on any atom is 0.433 e. The monoisotopic (exact) mass is 477 g/mol. The third-order valence-corrected chi connectivity index (χ3v) is 6.11. The number of hydrogen-bond donors (Lipinski definition) is 1. The molecule has 174 valence electrons. The normalized spacial score (nSPS) is 17.1. The highest BCUT2D eigenvalue weighted by Crippen LogP contribution is 2.31. The molecule has 2 aromatic heterocycles. The maximum absolute atomic E-state index is 13.0. The van der Waals surface area contributed by atoms with Crippen molar-refractivity contribution in [2.24, 2.45) is 0 Å². The summed E-state index contributed by atoms with van der Waals surface area (Å²) in [5, 5.41) is 3.58. The van der Waals surface area contributed by atoms with Crippen molar-refractivity contribution in [3.8, 4) is 16.3 Å². The van der Waals surface area contributed by atoms with E-state index in [2.05, 4.69) is 15.3 Å².